The molecule has 0 saturated heterocycles. The van der Waals surface area contributed by atoms with E-state index in [4.69, 9.17) is 14.2 Å². The largest absolute Gasteiger partial charge is 0.375 e. The van der Waals surface area contributed by atoms with E-state index in [2.05, 4.69) is 17.4 Å². The standard InChI is InChI=1S/C13H21NO3/c1-15-13(16-2)10-14-8-9-17-11-12-6-4-3-5-7-12/h3-7,13-14H,8-11H2,1-2H3. The van der Waals surface area contributed by atoms with Crippen LogP contribution in [0.4, 0.5) is 0 Å². The molecule has 1 aromatic rings. The van der Waals surface area contributed by atoms with Gasteiger partial charge in [0.2, 0.25) is 0 Å². The number of benzene rings is 1. The lowest BCUT2D eigenvalue weighted by Crippen LogP contribution is -2.31. The van der Waals surface area contributed by atoms with E-state index in [9.17, 15) is 0 Å². The molecule has 1 aromatic carbocycles. The Bertz CT molecular complexity index is 275. The molecule has 4 heteroatoms. The summed E-state index contributed by atoms with van der Waals surface area (Å²) in [6.07, 6.45) is -0.191. The molecule has 17 heavy (non-hydrogen) atoms. The Morgan fingerprint density at radius 2 is 1.82 bits per heavy atom. The second-order valence-electron chi connectivity index (χ2n) is 3.64. The van der Waals surface area contributed by atoms with Crippen molar-refractivity contribution < 1.29 is 14.2 Å². The van der Waals surface area contributed by atoms with Crippen molar-refractivity contribution in [2.75, 3.05) is 33.9 Å². The molecule has 0 aliphatic carbocycles. The second-order valence-corrected chi connectivity index (χ2v) is 3.64. The Balaban J connectivity index is 1.98. The molecule has 1 N–H and O–H groups in total. The van der Waals surface area contributed by atoms with Gasteiger partial charge in [-0.25, -0.2) is 0 Å². The molecule has 4 nitrogen and oxygen atoms in total. The molecule has 0 amide bonds. The van der Waals surface area contributed by atoms with Gasteiger partial charge in [0, 0.05) is 27.3 Å². The van der Waals surface area contributed by atoms with Crippen LogP contribution in [-0.4, -0.2) is 40.2 Å². The van der Waals surface area contributed by atoms with Crippen LogP contribution >= 0.6 is 0 Å². The van der Waals surface area contributed by atoms with Gasteiger partial charge in [0.1, 0.15) is 0 Å². The van der Waals surface area contributed by atoms with Gasteiger partial charge in [0.05, 0.1) is 13.2 Å². The normalized spacial score (nSPS) is 11.0. The summed E-state index contributed by atoms with van der Waals surface area (Å²) in [6, 6.07) is 10.1. The summed E-state index contributed by atoms with van der Waals surface area (Å²) in [6.45, 7) is 2.79. The summed E-state index contributed by atoms with van der Waals surface area (Å²) in [7, 11) is 3.25. The Hall–Kier alpha value is -0.940. The van der Waals surface area contributed by atoms with E-state index >= 15 is 0 Å². The first-order valence-electron chi connectivity index (χ1n) is 5.74. The van der Waals surface area contributed by atoms with Crippen molar-refractivity contribution in [1.29, 1.82) is 0 Å². The van der Waals surface area contributed by atoms with E-state index in [1.165, 1.54) is 5.56 Å². The zero-order valence-corrected chi connectivity index (χ0v) is 10.5. The van der Waals surface area contributed by atoms with Gasteiger partial charge >= 0.3 is 0 Å². The van der Waals surface area contributed by atoms with Crippen molar-refractivity contribution in [2.24, 2.45) is 0 Å². The third-order valence-electron chi connectivity index (χ3n) is 2.37. The number of hydrogen-bond acceptors (Lipinski definition) is 4. The van der Waals surface area contributed by atoms with Gasteiger partial charge in [-0.2, -0.15) is 0 Å². The number of rotatable bonds is 9. The van der Waals surface area contributed by atoms with Crippen LogP contribution < -0.4 is 5.32 Å². The van der Waals surface area contributed by atoms with Crippen LogP contribution in [0.25, 0.3) is 0 Å². The smallest absolute Gasteiger partial charge is 0.169 e. The Morgan fingerprint density at radius 3 is 2.47 bits per heavy atom. The maximum Gasteiger partial charge on any atom is 0.169 e. The average molecular weight is 239 g/mol. The zero-order valence-electron chi connectivity index (χ0n) is 10.5. The minimum atomic E-state index is -0.191. The minimum Gasteiger partial charge on any atom is -0.375 e. The van der Waals surface area contributed by atoms with Crippen molar-refractivity contribution in [2.45, 2.75) is 12.9 Å². The first-order valence-corrected chi connectivity index (χ1v) is 5.74. The maximum absolute atomic E-state index is 5.52. The van der Waals surface area contributed by atoms with Crippen LogP contribution in [-0.2, 0) is 20.8 Å². The van der Waals surface area contributed by atoms with E-state index < -0.39 is 0 Å². The quantitative estimate of drug-likeness (QED) is 0.522. The molecule has 1 rings (SSSR count). The number of methoxy groups -OCH3 is 2. The Labute approximate surface area is 103 Å². The van der Waals surface area contributed by atoms with Crippen LogP contribution in [0.5, 0.6) is 0 Å². The van der Waals surface area contributed by atoms with E-state index in [-0.39, 0.29) is 6.29 Å². The summed E-state index contributed by atoms with van der Waals surface area (Å²) >= 11 is 0. The fraction of sp³-hybridized carbons (Fsp3) is 0.538. The highest BCUT2D eigenvalue weighted by Gasteiger charge is 2.02. The fourth-order valence-corrected chi connectivity index (χ4v) is 1.39. The highest BCUT2D eigenvalue weighted by Crippen LogP contribution is 1.99. The number of nitrogens with one attached hydrogen (secondary N) is 1. The molecule has 0 aromatic heterocycles. The SMILES string of the molecule is COC(CNCCOCc1ccccc1)OC. The van der Waals surface area contributed by atoms with Gasteiger partial charge in [-0.15, -0.1) is 0 Å². The van der Waals surface area contributed by atoms with E-state index in [0.29, 0.717) is 19.8 Å². The number of hydrogen-bond donors (Lipinski definition) is 1. The third kappa shape index (κ3) is 6.38. The summed E-state index contributed by atoms with van der Waals surface area (Å²) < 4.78 is 15.6. The first kappa shape index (κ1) is 14.1. The minimum absolute atomic E-state index is 0.191. The van der Waals surface area contributed by atoms with Crippen molar-refractivity contribution in [3.8, 4) is 0 Å². The highest BCUT2D eigenvalue weighted by atomic mass is 16.7. The van der Waals surface area contributed by atoms with Gasteiger partial charge in [-0.05, 0) is 5.56 Å². The summed E-state index contributed by atoms with van der Waals surface area (Å²) in [5.74, 6) is 0. The summed E-state index contributed by atoms with van der Waals surface area (Å²) in [5.41, 5.74) is 1.19. The van der Waals surface area contributed by atoms with E-state index in [1.54, 1.807) is 14.2 Å². The summed E-state index contributed by atoms with van der Waals surface area (Å²) in [4.78, 5) is 0. The topological polar surface area (TPSA) is 39.7 Å². The second kappa shape index (κ2) is 9.13. The van der Waals surface area contributed by atoms with Crippen LogP contribution in [0.3, 0.4) is 0 Å². The van der Waals surface area contributed by atoms with Crippen LogP contribution in [0.2, 0.25) is 0 Å². The zero-order chi connectivity index (χ0) is 12.3. The molecule has 0 aliphatic rings. The lowest BCUT2D eigenvalue weighted by Gasteiger charge is -2.13. The Morgan fingerprint density at radius 1 is 1.12 bits per heavy atom. The van der Waals surface area contributed by atoms with E-state index in [1.807, 2.05) is 18.2 Å². The van der Waals surface area contributed by atoms with Gasteiger partial charge < -0.3 is 19.5 Å². The van der Waals surface area contributed by atoms with Gasteiger partial charge in [-0.3, -0.25) is 0 Å². The average Bonchev–Trinajstić information content (AvgIpc) is 2.39. The molecule has 0 aliphatic heterocycles. The fourth-order valence-electron chi connectivity index (χ4n) is 1.39. The van der Waals surface area contributed by atoms with Crippen molar-refractivity contribution in [3.05, 3.63) is 35.9 Å². The molecule has 0 fully saturated rings. The molecule has 0 radical (unpaired) electrons. The molecule has 0 unspecified atom stereocenters. The van der Waals surface area contributed by atoms with Gasteiger partial charge in [-0.1, -0.05) is 30.3 Å². The predicted molar refractivity (Wildman–Crippen MR) is 66.8 cm³/mol. The van der Waals surface area contributed by atoms with Crippen LogP contribution in [0.15, 0.2) is 30.3 Å². The van der Waals surface area contributed by atoms with Crippen molar-refractivity contribution in [1.82, 2.24) is 5.32 Å². The van der Waals surface area contributed by atoms with Gasteiger partial charge in [0.15, 0.2) is 6.29 Å². The first-order chi connectivity index (χ1) is 8.36. The van der Waals surface area contributed by atoms with Crippen molar-refractivity contribution >= 4 is 0 Å². The molecular formula is C13H21NO3. The van der Waals surface area contributed by atoms with Crippen LogP contribution in [0, 0.1) is 0 Å². The molecule has 0 atom stereocenters. The summed E-state index contributed by atoms with van der Waals surface area (Å²) in [5, 5.41) is 3.20. The monoisotopic (exact) mass is 239 g/mol. The van der Waals surface area contributed by atoms with Crippen LogP contribution in [0.1, 0.15) is 5.56 Å². The predicted octanol–water partition coefficient (Wildman–Crippen LogP) is 1.41. The lowest BCUT2D eigenvalue weighted by atomic mass is 10.2. The van der Waals surface area contributed by atoms with Crippen molar-refractivity contribution in [3.63, 3.8) is 0 Å². The van der Waals surface area contributed by atoms with Gasteiger partial charge in [0.25, 0.3) is 0 Å². The lowest BCUT2D eigenvalue weighted by molar-refractivity contribution is -0.0991. The number of ether oxygens (including phenoxy) is 3. The molecule has 0 saturated carbocycles. The Kier molecular flexibility index (Phi) is 7.58. The molecule has 96 valence electrons. The molecular weight excluding hydrogens is 218 g/mol. The van der Waals surface area contributed by atoms with E-state index in [0.717, 1.165) is 6.54 Å². The maximum atomic E-state index is 5.52. The molecule has 0 heterocycles. The molecule has 0 spiro atoms. The molecule has 0 bridgehead atoms. The highest BCUT2D eigenvalue weighted by molar-refractivity contribution is 5.13. The third-order valence-corrected chi connectivity index (χ3v) is 2.37.